The van der Waals surface area contributed by atoms with Gasteiger partial charge >= 0.3 is 0 Å². The number of ether oxygens (including phenoxy) is 2. The van der Waals surface area contributed by atoms with E-state index in [4.69, 9.17) is 21.1 Å². The number of hydrogen-bond acceptors (Lipinski definition) is 6. The number of benzene rings is 3. The molecule has 0 aliphatic rings. The van der Waals surface area contributed by atoms with Crippen molar-refractivity contribution in [1.82, 2.24) is 10.2 Å². The summed E-state index contributed by atoms with van der Waals surface area (Å²) >= 11 is 6.20. The molecule has 0 radical (unpaired) electrons. The average molecular weight is 616 g/mol. The number of sulfonamides is 1. The number of hydrogen-bond donors (Lipinski definition) is 1. The van der Waals surface area contributed by atoms with Crippen LogP contribution in [0.4, 0.5) is 5.69 Å². The third-order valence-electron chi connectivity index (χ3n) is 6.78. The molecule has 1 N–H and O–H groups in total. The second-order valence-corrected chi connectivity index (χ2v) is 12.1. The number of nitrogens with one attached hydrogen (secondary N) is 1. The molecule has 2 amide bonds. The minimum atomic E-state index is -4.22. The van der Waals surface area contributed by atoms with Gasteiger partial charge in [0.15, 0.2) is 11.5 Å². The Morgan fingerprint density at radius 1 is 0.976 bits per heavy atom. The van der Waals surface area contributed by atoms with E-state index in [1.807, 2.05) is 13.8 Å². The van der Waals surface area contributed by atoms with Crippen molar-refractivity contribution in [3.05, 3.63) is 82.9 Å². The van der Waals surface area contributed by atoms with Gasteiger partial charge in [-0.3, -0.25) is 13.9 Å². The molecule has 0 unspecified atom stereocenters. The van der Waals surface area contributed by atoms with Crippen LogP contribution in [-0.4, -0.2) is 58.5 Å². The molecule has 3 rings (SSSR count). The number of halogens is 1. The van der Waals surface area contributed by atoms with Crippen LogP contribution in [0.3, 0.4) is 0 Å². The highest BCUT2D eigenvalue weighted by Gasteiger charge is 2.33. The molecule has 0 spiro atoms. The fourth-order valence-corrected chi connectivity index (χ4v) is 5.92. The van der Waals surface area contributed by atoms with Crippen molar-refractivity contribution in [2.24, 2.45) is 0 Å². The lowest BCUT2D eigenvalue weighted by molar-refractivity contribution is -0.139. The van der Waals surface area contributed by atoms with Gasteiger partial charge in [0.25, 0.3) is 10.0 Å². The first kappa shape index (κ1) is 32.8. The van der Waals surface area contributed by atoms with Gasteiger partial charge in [-0.25, -0.2) is 8.42 Å². The lowest BCUT2D eigenvalue weighted by Gasteiger charge is -2.32. The third kappa shape index (κ3) is 8.17. The minimum absolute atomic E-state index is 0.0161. The molecular formula is C31H38ClN3O6S. The van der Waals surface area contributed by atoms with Gasteiger partial charge in [0, 0.05) is 24.2 Å². The molecular weight excluding hydrogens is 578 g/mol. The van der Waals surface area contributed by atoms with Crippen LogP contribution in [0.25, 0.3) is 0 Å². The van der Waals surface area contributed by atoms with Crippen molar-refractivity contribution in [3.63, 3.8) is 0 Å². The Hall–Kier alpha value is -3.76. The number of nitrogens with zero attached hydrogens (tertiary/aromatic N) is 2. The molecule has 3 aromatic rings. The van der Waals surface area contributed by atoms with Crippen molar-refractivity contribution < 1.29 is 27.5 Å². The topological polar surface area (TPSA) is 105 Å². The highest BCUT2D eigenvalue weighted by molar-refractivity contribution is 7.92. The standard InChI is InChI=1S/C31H38ClN3O6S/c1-6-7-17-33-31(37)23(3)34(20-24-9-8-10-25(32)18-24)30(36)21-35(26-13-16-28(40-4)29(19-26)41-5)42(38,39)27-14-11-22(2)12-15-27/h8-16,18-19,23H,6-7,17,20-21H2,1-5H3,(H,33,37)/t23-/m0/s1. The lowest BCUT2D eigenvalue weighted by atomic mass is 10.1. The maximum atomic E-state index is 14.1. The maximum absolute atomic E-state index is 14.1. The van der Waals surface area contributed by atoms with Crippen LogP contribution in [-0.2, 0) is 26.2 Å². The quantitative estimate of drug-likeness (QED) is 0.250. The van der Waals surface area contributed by atoms with Gasteiger partial charge in [0.05, 0.1) is 24.8 Å². The third-order valence-corrected chi connectivity index (χ3v) is 8.80. The van der Waals surface area contributed by atoms with E-state index in [1.54, 1.807) is 55.5 Å². The summed E-state index contributed by atoms with van der Waals surface area (Å²) < 4.78 is 39.8. The fourth-order valence-electron chi connectivity index (χ4n) is 4.30. The number of carbonyl (C=O) groups is 2. The Balaban J connectivity index is 2.06. The zero-order chi connectivity index (χ0) is 30.9. The van der Waals surface area contributed by atoms with Crippen LogP contribution < -0.4 is 19.1 Å². The number of amides is 2. The van der Waals surface area contributed by atoms with E-state index in [9.17, 15) is 18.0 Å². The van der Waals surface area contributed by atoms with Crippen LogP contribution in [0.1, 0.15) is 37.8 Å². The second kappa shape index (κ2) is 14.9. The zero-order valence-corrected chi connectivity index (χ0v) is 26.2. The Bertz CT molecular complexity index is 1480. The molecule has 11 heteroatoms. The Morgan fingerprint density at radius 2 is 1.67 bits per heavy atom. The number of methoxy groups -OCH3 is 2. The predicted octanol–water partition coefficient (Wildman–Crippen LogP) is 5.19. The van der Waals surface area contributed by atoms with E-state index in [1.165, 1.54) is 37.3 Å². The first-order chi connectivity index (χ1) is 20.0. The van der Waals surface area contributed by atoms with Gasteiger partial charge < -0.3 is 19.7 Å². The predicted molar refractivity (Wildman–Crippen MR) is 165 cm³/mol. The fraction of sp³-hybridized carbons (Fsp3) is 0.355. The molecule has 0 heterocycles. The summed E-state index contributed by atoms with van der Waals surface area (Å²) in [5, 5.41) is 3.35. The summed E-state index contributed by atoms with van der Waals surface area (Å²) in [5.74, 6) is -0.206. The van der Waals surface area contributed by atoms with Crippen molar-refractivity contribution in [2.45, 2.75) is 51.1 Å². The summed E-state index contributed by atoms with van der Waals surface area (Å²) in [6.07, 6.45) is 1.69. The molecule has 42 heavy (non-hydrogen) atoms. The van der Waals surface area contributed by atoms with Crippen LogP contribution in [0.15, 0.2) is 71.6 Å². The zero-order valence-electron chi connectivity index (χ0n) is 24.6. The summed E-state index contributed by atoms with van der Waals surface area (Å²) in [6, 6.07) is 17.1. The molecule has 0 saturated carbocycles. The van der Waals surface area contributed by atoms with Gasteiger partial charge in [0.2, 0.25) is 11.8 Å². The summed E-state index contributed by atoms with van der Waals surface area (Å²) in [5.41, 5.74) is 1.78. The van der Waals surface area contributed by atoms with E-state index in [2.05, 4.69) is 5.32 Å². The van der Waals surface area contributed by atoms with Gasteiger partial charge in [-0.05, 0) is 62.2 Å². The van der Waals surface area contributed by atoms with Gasteiger partial charge in [-0.1, -0.05) is 54.8 Å². The number of anilines is 1. The minimum Gasteiger partial charge on any atom is -0.493 e. The Morgan fingerprint density at radius 3 is 2.29 bits per heavy atom. The van der Waals surface area contributed by atoms with Crippen LogP contribution >= 0.6 is 11.6 Å². The molecule has 9 nitrogen and oxygen atoms in total. The summed E-state index contributed by atoms with van der Waals surface area (Å²) in [4.78, 5) is 28.5. The smallest absolute Gasteiger partial charge is 0.264 e. The summed E-state index contributed by atoms with van der Waals surface area (Å²) in [6.45, 7) is 5.44. The van der Waals surface area contributed by atoms with Crippen molar-refractivity contribution >= 4 is 39.1 Å². The van der Waals surface area contributed by atoms with Gasteiger partial charge in [-0.15, -0.1) is 0 Å². The van der Waals surface area contributed by atoms with Crippen LogP contribution in [0.5, 0.6) is 11.5 Å². The highest BCUT2D eigenvalue weighted by Crippen LogP contribution is 2.34. The molecule has 3 aromatic carbocycles. The monoisotopic (exact) mass is 615 g/mol. The van der Waals surface area contributed by atoms with Crippen molar-refractivity contribution in [3.8, 4) is 11.5 Å². The van der Waals surface area contributed by atoms with E-state index in [-0.39, 0.29) is 23.0 Å². The number of rotatable bonds is 14. The molecule has 0 aliphatic heterocycles. The van der Waals surface area contributed by atoms with Crippen LogP contribution in [0, 0.1) is 6.92 Å². The van der Waals surface area contributed by atoms with E-state index in [0.29, 0.717) is 28.6 Å². The molecule has 0 saturated heterocycles. The number of unbranched alkanes of at least 4 members (excludes halogenated alkanes) is 1. The molecule has 1 atom stereocenters. The molecule has 0 aromatic heterocycles. The van der Waals surface area contributed by atoms with E-state index in [0.717, 1.165) is 22.7 Å². The first-order valence-corrected chi connectivity index (χ1v) is 15.5. The average Bonchev–Trinajstić information content (AvgIpc) is 2.98. The molecule has 0 bridgehead atoms. The molecule has 0 aliphatic carbocycles. The van der Waals surface area contributed by atoms with E-state index < -0.39 is 28.5 Å². The summed E-state index contributed by atoms with van der Waals surface area (Å²) in [7, 11) is -1.30. The number of aryl methyl sites for hydroxylation is 1. The van der Waals surface area contributed by atoms with E-state index >= 15 is 0 Å². The normalized spacial score (nSPS) is 11.9. The molecule has 0 fully saturated rings. The molecule has 226 valence electrons. The maximum Gasteiger partial charge on any atom is 0.264 e. The first-order valence-electron chi connectivity index (χ1n) is 13.6. The number of carbonyl (C=O) groups excluding carboxylic acids is 2. The highest BCUT2D eigenvalue weighted by atomic mass is 35.5. The Kier molecular flexibility index (Phi) is 11.6. The Labute approximate surface area is 253 Å². The van der Waals surface area contributed by atoms with Gasteiger partial charge in [0.1, 0.15) is 12.6 Å². The van der Waals surface area contributed by atoms with Crippen molar-refractivity contribution in [2.75, 3.05) is 31.6 Å². The van der Waals surface area contributed by atoms with Gasteiger partial charge in [-0.2, -0.15) is 0 Å². The van der Waals surface area contributed by atoms with Crippen LogP contribution in [0.2, 0.25) is 5.02 Å². The lowest BCUT2D eigenvalue weighted by Crippen LogP contribution is -2.51. The second-order valence-electron chi connectivity index (χ2n) is 9.84. The largest absolute Gasteiger partial charge is 0.493 e. The SMILES string of the molecule is CCCCNC(=O)[C@H](C)N(Cc1cccc(Cl)c1)C(=O)CN(c1ccc(OC)c(OC)c1)S(=O)(=O)c1ccc(C)cc1. The van der Waals surface area contributed by atoms with Crippen molar-refractivity contribution in [1.29, 1.82) is 0 Å².